The molecule has 0 aliphatic carbocycles. The molecule has 1 aromatic heterocycles. The fraction of sp³-hybridized carbons (Fsp3) is 0.444. The number of nitrogens with one attached hydrogen (secondary N) is 1. The van der Waals surface area contributed by atoms with Gasteiger partial charge in [0.1, 0.15) is 12.9 Å². The summed E-state index contributed by atoms with van der Waals surface area (Å²) in [6, 6.07) is -0.251. The largest absolute Gasteiger partial charge is 0.358 e. The number of imidazole rings is 1. The third-order valence-electron chi connectivity index (χ3n) is 1.99. The molecular weight excluding hydrogens is 196 g/mol. The zero-order valence-electron chi connectivity index (χ0n) is 8.80. The second-order valence-electron chi connectivity index (χ2n) is 2.94. The van der Waals surface area contributed by atoms with E-state index in [-0.39, 0.29) is 18.5 Å². The number of rotatable bonds is 3. The van der Waals surface area contributed by atoms with E-state index in [1.54, 1.807) is 6.20 Å². The summed E-state index contributed by atoms with van der Waals surface area (Å²) >= 11 is 0. The third kappa shape index (κ3) is 2.80. The number of carbonyl (C=O) groups is 2. The van der Waals surface area contributed by atoms with Gasteiger partial charge in [0.25, 0.3) is 0 Å². The Kier molecular flexibility index (Phi) is 3.84. The first-order chi connectivity index (χ1) is 7.19. The average molecular weight is 210 g/mol. The van der Waals surface area contributed by atoms with Crippen molar-refractivity contribution in [3.05, 3.63) is 18.7 Å². The van der Waals surface area contributed by atoms with E-state index in [9.17, 15) is 9.59 Å². The van der Waals surface area contributed by atoms with Crippen LogP contribution in [0.25, 0.3) is 0 Å². The SMILES string of the molecule is CCN(CC(=O)NC)C(=O)n1ccnc1. The Hall–Kier alpha value is -1.85. The standard InChI is InChI=1S/C9H14N4O2/c1-3-12(6-8(14)10-2)9(15)13-5-4-11-7-13/h4-5,7H,3,6H2,1-2H3,(H,10,14). The van der Waals surface area contributed by atoms with Crippen molar-refractivity contribution < 1.29 is 9.59 Å². The van der Waals surface area contributed by atoms with Crippen LogP contribution in [0, 0.1) is 0 Å². The van der Waals surface area contributed by atoms with Gasteiger partial charge in [-0.05, 0) is 6.92 Å². The van der Waals surface area contributed by atoms with Crippen LogP contribution in [0.5, 0.6) is 0 Å². The van der Waals surface area contributed by atoms with Crippen LogP contribution >= 0.6 is 0 Å². The highest BCUT2D eigenvalue weighted by molar-refractivity contribution is 5.84. The van der Waals surface area contributed by atoms with E-state index in [4.69, 9.17) is 0 Å². The zero-order valence-corrected chi connectivity index (χ0v) is 8.80. The van der Waals surface area contributed by atoms with E-state index in [2.05, 4.69) is 10.3 Å². The maximum atomic E-state index is 11.8. The number of amides is 2. The summed E-state index contributed by atoms with van der Waals surface area (Å²) in [6.45, 7) is 2.35. The van der Waals surface area contributed by atoms with Gasteiger partial charge in [0, 0.05) is 26.0 Å². The topological polar surface area (TPSA) is 67.2 Å². The van der Waals surface area contributed by atoms with Gasteiger partial charge in [0.2, 0.25) is 5.91 Å². The minimum atomic E-state index is -0.251. The molecule has 1 aromatic rings. The molecule has 0 spiro atoms. The van der Waals surface area contributed by atoms with Crippen LogP contribution in [0.2, 0.25) is 0 Å². The smallest absolute Gasteiger partial charge is 0.329 e. The molecule has 82 valence electrons. The molecule has 1 heterocycles. The number of likely N-dealkylation sites (N-methyl/N-ethyl adjacent to an activating group) is 2. The Morgan fingerprint density at radius 2 is 2.27 bits per heavy atom. The van der Waals surface area contributed by atoms with E-state index >= 15 is 0 Å². The molecular formula is C9H14N4O2. The van der Waals surface area contributed by atoms with Gasteiger partial charge in [-0.2, -0.15) is 0 Å². The molecule has 0 saturated heterocycles. The van der Waals surface area contributed by atoms with Gasteiger partial charge in [-0.15, -0.1) is 0 Å². The lowest BCUT2D eigenvalue weighted by atomic mass is 10.5. The van der Waals surface area contributed by atoms with Crippen molar-refractivity contribution >= 4 is 11.9 Å². The Bertz CT molecular complexity index is 334. The molecule has 0 saturated carbocycles. The van der Waals surface area contributed by atoms with Gasteiger partial charge in [0.05, 0.1) is 0 Å². The van der Waals surface area contributed by atoms with E-state index in [0.29, 0.717) is 6.54 Å². The van der Waals surface area contributed by atoms with E-state index < -0.39 is 0 Å². The summed E-state index contributed by atoms with van der Waals surface area (Å²) in [7, 11) is 1.54. The first-order valence-corrected chi connectivity index (χ1v) is 4.66. The molecule has 6 heteroatoms. The predicted molar refractivity (Wildman–Crippen MR) is 54.3 cm³/mol. The monoisotopic (exact) mass is 210 g/mol. The number of hydrogen-bond acceptors (Lipinski definition) is 3. The van der Waals surface area contributed by atoms with Crippen LogP contribution < -0.4 is 5.32 Å². The first-order valence-electron chi connectivity index (χ1n) is 4.66. The molecule has 0 fully saturated rings. The van der Waals surface area contributed by atoms with Gasteiger partial charge in [-0.25, -0.2) is 9.78 Å². The minimum absolute atomic E-state index is 0.0595. The third-order valence-corrected chi connectivity index (χ3v) is 1.99. The van der Waals surface area contributed by atoms with Crippen LogP contribution in [0.4, 0.5) is 4.79 Å². The summed E-state index contributed by atoms with van der Waals surface area (Å²) in [5.74, 6) is -0.190. The van der Waals surface area contributed by atoms with Crippen molar-refractivity contribution in [3.8, 4) is 0 Å². The van der Waals surface area contributed by atoms with Gasteiger partial charge in [0.15, 0.2) is 0 Å². The van der Waals surface area contributed by atoms with Crippen molar-refractivity contribution in [2.24, 2.45) is 0 Å². The van der Waals surface area contributed by atoms with Crippen LogP contribution in [0.1, 0.15) is 6.92 Å². The summed E-state index contributed by atoms with van der Waals surface area (Å²) in [6.07, 6.45) is 4.48. The summed E-state index contributed by atoms with van der Waals surface area (Å²) < 4.78 is 1.34. The second kappa shape index (κ2) is 5.14. The van der Waals surface area contributed by atoms with E-state index in [1.165, 1.54) is 29.0 Å². The maximum Gasteiger partial charge on any atom is 0.329 e. The van der Waals surface area contributed by atoms with Crippen LogP contribution in [-0.2, 0) is 4.79 Å². The molecule has 2 amide bonds. The van der Waals surface area contributed by atoms with Gasteiger partial charge < -0.3 is 10.2 Å². The van der Waals surface area contributed by atoms with Crippen molar-refractivity contribution in [1.82, 2.24) is 19.8 Å². The fourth-order valence-electron chi connectivity index (χ4n) is 1.10. The first kappa shape index (κ1) is 11.2. The molecule has 1 rings (SSSR count). The Labute approximate surface area is 87.9 Å². The molecule has 1 N–H and O–H groups in total. The van der Waals surface area contributed by atoms with Gasteiger partial charge >= 0.3 is 6.03 Å². The number of aromatic nitrogens is 2. The predicted octanol–water partition coefficient (Wildman–Crippen LogP) is -0.0809. The number of nitrogens with zero attached hydrogens (tertiary/aromatic N) is 3. The molecule has 0 aliphatic rings. The van der Waals surface area contributed by atoms with Crippen molar-refractivity contribution in [1.29, 1.82) is 0 Å². The lowest BCUT2D eigenvalue weighted by Crippen LogP contribution is -2.41. The van der Waals surface area contributed by atoms with Gasteiger partial charge in [-0.1, -0.05) is 0 Å². The summed E-state index contributed by atoms with van der Waals surface area (Å²) in [4.78, 5) is 28.1. The molecule has 0 atom stereocenters. The number of carbonyl (C=O) groups excluding carboxylic acids is 2. The highest BCUT2D eigenvalue weighted by Gasteiger charge is 2.15. The second-order valence-corrected chi connectivity index (χ2v) is 2.94. The van der Waals surface area contributed by atoms with Crippen LogP contribution in [0.3, 0.4) is 0 Å². The highest BCUT2D eigenvalue weighted by atomic mass is 16.2. The van der Waals surface area contributed by atoms with Crippen molar-refractivity contribution in [2.75, 3.05) is 20.1 Å². The van der Waals surface area contributed by atoms with Gasteiger partial charge in [-0.3, -0.25) is 9.36 Å². The van der Waals surface area contributed by atoms with Crippen molar-refractivity contribution in [3.63, 3.8) is 0 Å². The van der Waals surface area contributed by atoms with Crippen LogP contribution in [0.15, 0.2) is 18.7 Å². The fourth-order valence-corrected chi connectivity index (χ4v) is 1.10. The van der Waals surface area contributed by atoms with Crippen molar-refractivity contribution in [2.45, 2.75) is 6.92 Å². The van der Waals surface area contributed by atoms with E-state index in [1.807, 2.05) is 6.92 Å². The quantitative estimate of drug-likeness (QED) is 0.758. The van der Waals surface area contributed by atoms with E-state index in [0.717, 1.165) is 0 Å². The summed E-state index contributed by atoms with van der Waals surface area (Å²) in [5, 5.41) is 2.47. The highest BCUT2D eigenvalue weighted by Crippen LogP contribution is 1.95. The zero-order chi connectivity index (χ0) is 11.3. The Balaban J connectivity index is 2.67. The molecule has 0 aliphatic heterocycles. The normalized spacial score (nSPS) is 9.73. The molecule has 0 bridgehead atoms. The molecule has 0 aromatic carbocycles. The lowest BCUT2D eigenvalue weighted by Gasteiger charge is -2.19. The lowest BCUT2D eigenvalue weighted by molar-refractivity contribution is -0.121. The molecule has 6 nitrogen and oxygen atoms in total. The molecule has 15 heavy (non-hydrogen) atoms. The van der Waals surface area contributed by atoms with Crippen LogP contribution in [-0.4, -0.2) is 46.5 Å². The Morgan fingerprint density at radius 3 is 2.73 bits per heavy atom. The number of hydrogen-bond donors (Lipinski definition) is 1. The maximum absolute atomic E-state index is 11.8. The summed E-state index contributed by atoms with van der Waals surface area (Å²) in [5.41, 5.74) is 0. The molecule has 0 unspecified atom stereocenters. The Morgan fingerprint density at radius 1 is 1.53 bits per heavy atom. The minimum Gasteiger partial charge on any atom is -0.358 e. The molecule has 0 radical (unpaired) electrons. The average Bonchev–Trinajstić information content (AvgIpc) is 2.77.